The number of thiophene rings is 1. The van der Waals surface area contributed by atoms with Gasteiger partial charge in [0.25, 0.3) is 0 Å². The first-order chi connectivity index (χ1) is 8.00. The molecule has 1 unspecified atom stereocenters. The van der Waals surface area contributed by atoms with Crippen LogP contribution in [0.15, 0.2) is 16.8 Å². The summed E-state index contributed by atoms with van der Waals surface area (Å²) in [7, 11) is 0. The maximum Gasteiger partial charge on any atom is 0.329 e. The second kappa shape index (κ2) is 4.76. The van der Waals surface area contributed by atoms with Gasteiger partial charge < -0.3 is 9.84 Å². The van der Waals surface area contributed by atoms with E-state index >= 15 is 0 Å². The van der Waals surface area contributed by atoms with Gasteiger partial charge in [-0.15, -0.1) is 0 Å². The molecule has 0 radical (unpaired) electrons. The van der Waals surface area contributed by atoms with Crippen LogP contribution in [0.2, 0.25) is 0 Å². The molecule has 1 aliphatic heterocycles. The number of rotatable bonds is 5. The summed E-state index contributed by atoms with van der Waals surface area (Å²) in [6.07, 6.45) is 0. The third kappa shape index (κ3) is 2.86. The van der Waals surface area contributed by atoms with E-state index < -0.39 is 5.97 Å². The van der Waals surface area contributed by atoms with Crippen molar-refractivity contribution in [3.63, 3.8) is 0 Å². The predicted octanol–water partition coefficient (Wildman–Crippen LogP) is 1.98. The Hall–Kier alpha value is -0.910. The summed E-state index contributed by atoms with van der Waals surface area (Å²) in [5.74, 6) is -0.907. The van der Waals surface area contributed by atoms with Gasteiger partial charge in [-0.25, -0.2) is 4.79 Å². The van der Waals surface area contributed by atoms with Crippen LogP contribution in [0, 0.1) is 0 Å². The highest BCUT2D eigenvalue weighted by molar-refractivity contribution is 7.07. The molecule has 0 aliphatic carbocycles. The SMILES string of the molecule is CC(c1ccsc1)N1CC(C)(OCC(=O)O)C1. The zero-order valence-corrected chi connectivity index (χ0v) is 10.9. The lowest BCUT2D eigenvalue weighted by Crippen LogP contribution is -2.62. The van der Waals surface area contributed by atoms with E-state index in [4.69, 9.17) is 9.84 Å². The minimum Gasteiger partial charge on any atom is -0.480 e. The number of nitrogens with zero attached hydrogens (tertiary/aromatic N) is 1. The van der Waals surface area contributed by atoms with Gasteiger partial charge in [-0.3, -0.25) is 4.90 Å². The largest absolute Gasteiger partial charge is 0.480 e. The summed E-state index contributed by atoms with van der Waals surface area (Å²) in [6, 6.07) is 2.51. The van der Waals surface area contributed by atoms with Crippen LogP contribution in [-0.2, 0) is 9.53 Å². The highest BCUT2D eigenvalue weighted by Gasteiger charge is 2.42. The number of carbonyl (C=O) groups is 1. The van der Waals surface area contributed by atoms with Gasteiger partial charge in [0.15, 0.2) is 0 Å². The zero-order chi connectivity index (χ0) is 12.5. The van der Waals surface area contributed by atoms with E-state index in [0.29, 0.717) is 6.04 Å². The first-order valence-corrected chi connectivity index (χ1v) is 6.56. The molecule has 0 aromatic carbocycles. The van der Waals surface area contributed by atoms with Crippen molar-refractivity contribution >= 4 is 17.3 Å². The minimum atomic E-state index is -0.907. The molecular weight excluding hydrogens is 238 g/mol. The average molecular weight is 255 g/mol. The van der Waals surface area contributed by atoms with Crippen molar-refractivity contribution in [3.8, 4) is 0 Å². The minimum absolute atomic E-state index is 0.211. The van der Waals surface area contributed by atoms with Crippen molar-refractivity contribution in [2.45, 2.75) is 25.5 Å². The first-order valence-electron chi connectivity index (χ1n) is 5.62. The molecule has 0 amide bonds. The van der Waals surface area contributed by atoms with Gasteiger partial charge in [-0.1, -0.05) is 0 Å². The Morgan fingerprint density at radius 1 is 1.71 bits per heavy atom. The number of aliphatic carboxylic acids is 1. The van der Waals surface area contributed by atoms with E-state index in [1.807, 2.05) is 6.92 Å². The second-order valence-electron chi connectivity index (χ2n) is 4.77. The maximum atomic E-state index is 10.5. The number of hydrogen-bond donors (Lipinski definition) is 1. The fourth-order valence-corrected chi connectivity index (χ4v) is 2.88. The smallest absolute Gasteiger partial charge is 0.329 e. The molecule has 17 heavy (non-hydrogen) atoms. The van der Waals surface area contributed by atoms with Crippen LogP contribution in [0.4, 0.5) is 0 Å². The van der Waals surface area contributed by atoms with Crippen LogP contribution in [0.1, 0.15) is 25.5 Å². The molecule has 1 atom stereocenters. The fourth-order valence-electron chi connectivity index (χ4n) is 2.14. The molecule has 0 spiro atoms. The van der Waals surface area contributed by atoms with Gasteiger partial charge in [0.2, 0.25) is 0 Å². The number of likely N-dealkylation sites (tertiary alicyclic amines) is 1. The molecule has 2 rings (SSSR count). The van der Waals surface area contributed by atoms with Gasteiger partial charge in [-0.05, 0) is 36.2 Å². The van der Waals surface area contributed by atoms with Gasteiger partial charge in [0, 0.05) is 19.1 Å². The van der Waals surface area contributed by atoms with E-state index in [0.717, 1.165) is 13.1 Å². The average Bonchev–Trinajstić information content (AvgIpc) is 2.74. The van der Waals surface area contributed by atoms with Crippen LogP contribution < -0.4 is 0 Å². The van der Waals surface area contributed by atoms with E-state index in [2.05, 4.69) is 28.7 Å². The third-order valence-electron chi connectivity index (χ3n) is 3.19. The number of carboxylic acid groups (broad SMARTS) is 1. The Balaban J connectivity index is 1.83. The standard InChI is InChI=1S/C12H17NO3S/c1-9(10-3-4-17-6-10)13-7-12(2,8-13)16-5-11(14)15/h3-4,6,9H,5,7-8H2,1-2H3,(H,14,15). The van der Waals surface area contributed by atoms with Crippen LogP contribution in [0.25, 0.3) is 0 Å². The Bertz CT molecular complexity index is 384. The molecule has 1 N–H and O–H groups in total. The van der Waals surface area contributed by atoms with E-state index in [9.17, 15) is 4.79 Å². The molecule has 1 aliphatic rings. The summed E-state index contributed by atoms with van der Waals surface area (Å²) < 4.78 is 5.39. The van der Waals surface area contributed by atoms with Crippen molar-refractivity contribution in [1.82, 2.24) is 4.90 Å². The molecule has 2 heterocycles. The molecule has 1 aromatic rings. The lowest BCUT2D eigenvalue weighted by molar-refractivity contribution is -0.169. The summed E-state index contributed by atoms with van der Waals surface area (Å²) >= 11 is 1.70. The molecule has 5 heteroatoms. The Labute approximate surface area is 105 Å². The monoisotopic (exact) mass is 255 g/mol. The van der Waals surface area contributed by atoms with Crippen LogP contribution in [0.3, 0.4) is 0 Å². The molecule has 1 aromatic heterocycles. The Morgan fingerprint density at radius 2 is 2.41 bits per heavy atom. The molecule has 1 fully saturated rings. The molecule has 4 nitrogen and oxygen atoms in total. The van der Waals surface area contributed by atoms with E-state index in [1.54, 1.807) is 11.3 Å². The van der Waals surface area contributed by atoms with E-state index in [1.165, 1.54) is 5.56 Å². The summed E-state index contributed by atoms with van der Waals surface area (Å²) in [4.78, 5) is 12.7. The van der Waals surface area contributed by atoms with Crippen molar-refractivity contribution in [3.05, 3.63) is 22.4 Å². The zero-order valence-electron chi connectivity index (χ0n) is 10.0. The van der Waals surface area contributed by atoms with Crippen molar-refractivity contribution in [2.75, 3.05) is 19.7 Å². The second-order valence-corrected chi connectivity index (χ2v) is 5.55. The topological polar surface area (TPSA) is 49.8 Å². The first kappa shape index (κ1) is 12.5. The molecule has 0 saturated carbocycles. The van der Waals surface area contributed by atoms with Crippen molar-refractivity contribution in [2.24, 2.45) is 0 Å². The lowest BCUT2D eigenvalue weighted by Gasteiger charge is -2.50. The lowest BCUT2D eigenvalue weighted by atomic mass is 9.93. The number of ether oxygens (including phenoxy) is 1. The Kier molecular flexibility index (Phi) is 3.51. The summed E-state index contributed by atoms with van der Waals surface area (Å²) in [5.41, 5.74) is 1.01. The molecule has 94 valence electrons. The van der Waals surface area contributed by atoms with Gasteiger partial charge >= 0.3 is 5.97 Å². The molecular formula is C12H17NO3S. The highest BCUT2D eigenvalue weighted by atomic mass is 32.1. The van der Waals surface area contributed by atoms with Gasteiger partial charge in [0.05, 0.1) is 5.60 Å². The molecule has 1 saturated heterocycles. The maximum absolute atomic E-state index is 10.5. The third-order valence-corrected chi connectivity index (χ3v) is 3.89. The van der Waals surface area contributed by atoms with Gasteiger partial charge in [0.1, 0.15) is 6.61 Å². The van der Waals surface area contributed by atoms with E-state index in [-0.39, 0.29) is 12.2 Å². The summed E-state index contributed by atoms with van der Waals surface area (Å²) in [6.45, 7) is 5.50. The van der Waals surface area contributed by atoms with Crippen LogP contribution in [0.5, 0.6) is 0 Å². The number of carboxylic acids is 1. The predicted molar refractivity (Wildman–Crippen MR) is 66.3 cm³/mol. The fraction of sp³-hybridized carbons (Fsp3) is 0.583. The summed E-state index contributed by atoms with van der Waals surface area (Å²) in [5, 5.41) is 12.8. The van der Waals surface area contributed by atoms with Crippen molar-refractivity contribution < 1.29 is 14.6 Å². The Morgan fingerprint density at radius 3 is 2.94 bits per heavy atom. The normalized spacial score (nSPS) is 20.8. The van der Waals surface area contributed by atoms with Crippen LogP contribution in [-0.4, -0.2) is 41.3 Å². The quantitative estimate of drug-likeness (QED) is 0.874. The van der Waals surface area contributed by atoms with Gasteiger partial charge in [-0.2, -0.15) is 11.3 Å². The highest BCUT2D eigenvalue weighted by Crippen LogP contribution is 2.33. The molecule has 0 bridgehead atoms. The van der Waals surface area contributed by atoms with Crippen LogP contribution >= 0.6 is 11.3 Å². The van der Waals surface area contributed by atoms with Crippen molar-refractivity contribution in [1.29, 1.82) is 0 Å². The number of hydrogen-bond acceptors (Lipinski definition) is 4.